The van der Waals surface area contributed by atoms with E-state index in [4.69, 9.17) is 9.15 Å². The summed E-state index contributed by atoms with van der Waals surface area (Å²) in [6.07, 6.45) is 0. The molecule has 1 atom stereocenters. The number of hydrogen-bond donors (Lipinski definition) is 0. The molecule has 0 fully saturated rings. The van der Waals surface area contributed by atoms with Gasteiger partial charge in [0.25, 0.3) is 5.91 Å². The van der Waals surface area contributed by atoms with Gasteiger partial charge in [0.05, 0.1) is 17.0 Å². The van der Waals surface area contributed by atoms with E-state index in [1.165, 1.54) is 16.2 Å². The predicted octanol–water partition coefficient (Wildman–Crippen LogP) is 6.10. The van der Waals surface area contributed by atoms with E-state index >= 15 is 0 Å². The number of anilines is 1. The molecule has 3 heterocycles. The quantitative estimate of drug-likeness (QED) is 0.275. The molecule has 0 N–H and O–H groups in total. The Morgan fingerprint density at radius 1 is 0.946 bits per heavy atom. The van der Waals surface area contributed by atoms with Crippen LogP contribution in [0, 0.1) is 0 Å². The highest BCUT2D eigenvalue weighted by atomic mass is 32.1. The molecule has 8 heteroatoms. The molecule has 0 spiro atoms. The lowest BCUT2D eigenvalue weighted by atomic mass is 9.98. The maximum Gasteiger partial charge on any atom is 0.297 e. The van der Waals surface area contributed by atoms with Crippen molar-refractivity contribution in [2.24, 2.45) is 0 Å². The number of nitrogens with zero attached hydrogens (tertiary/aromatic N) is 3. The number of rotatable bonds is 6. The molecule has 0 saturated heterocycles. The highest BCUT2D eigenvalue weighted by molar-refractivity contribution is 7.15. The fraction of sp³-hybridized carbons (Fsp3) is 0.172. The topological polar surface area (TPSA) is 85.5 Å². The molecule has 1 aliphatic rings. The number of hydrogen-bond acceptors (Lipinski definition) is 7. The van der Waals surface area contributed by atoms with Gasteiger partial charge in [-0.25, -0.2) is 0 Å². The standard InChI is InChI=1S/C29H23N3O4S/c1-17(2)27-30-31-29(37-27)32-24(19-12-14-20(15-13-19)35-16-18-8-4-3-5-9-18)23-25(33)21-10-6-7-11-22(21)36-26(23)28(32)34/h3-15,17,24H,16H2,1-2H3/t24-/m1/s1. The second kappa shape index (κ2) is 9.29. The summed E-state index contributed by atoms with van der Waals surface area (Å²) < 4.78 is 11.9. The number of para-hydroxylation sites is 1. The van der Waals surface area contributed by atoms with Gasteiger partial charge >= 0.3 is 0 Å². The van der Waals surface area contributed by atoms with Gasteiger partial charge in [0.15, 0.2) is 5.43 Å². The SMILES string of the molecule is CC(C)c1nnc(N2C(=O)c3oc4ccccc4c(=O)c3[C@H]2c2ccc(OCc3ccccc3)cc2)s1. The molecule has 184 valence electrons. The number of fused-ring (bicyclic) bond motifs is 2. The average molecular weight is 510 g/mol. The number of carbonyl (C=O) groups excluding carboxylic acids is 1. The molecule has 0 unspecified atom stereocenters. The molecule has 0 bridgehead atoms. The van der Waals surface area contributed by atoms with Gasteiger partial charge in [0, 0.05) is 5.92 Å². The van der Waals surface area contributed by atoms with Gasteiger partial charge < -0.3 is 9.15 Å². The van der Waals surface area contributed by atoms with Crippen LogP contribution in [0.5, 0.6) is 5.75 Å². The molecule has 2 aromatic heterocycles. The van der Waals surface area contributed by atoms with Crippen molar-refractivity contribution in [2.45, 2.75) is 32.4 Å². The van der Waals surface area contributed by atoms with Crippen molar-refractivity contribution in [3.05, 3.63) is 117 Å². The van der Waals surface area contributed by atoms with Crippen LogP contribution in [0.2, 0.25) is 0 Å². The molecule has 37 heavy (non-hydrogen) atoms. The largest absolute Gasteiger partial charge is 0.489 e. The van der Waals surface area contributed by atoms with E-state index in [0.29, 0.717) is 34.0 Å². The molecule has 5 aromatic rings. The minimum absolute atomic E-state index is 0.0411. The smallest absolute Gasteiger partial charge is 0.297 e. The van der Waals surface area contributed by atoms with Gasteiger partial charge in [-0.2, -0.15) is 0 Å². The van der Waals surface area contributed by atoms with E-state index in [-0.39, 0.29) is 17.1 Å². The third-order valence-electron chi connectivity index (χ3n) is 6.35. The molecule has 0 aliphatic carbocycles. The van der Waals surface area contributed by atoms with E-state index in [0.717, 1.165) is 16.1 Å². The highest BCUT2D eigenvalue weighted by Crippen LogP contribution is 2.43. The van der Waals surface area contributed by atoms with Crippen LogP contribution in [-0.2, 0) is 6.61 Å². The van der Waals surface area contributed by atoms with Crippen molar-refractivity contribution in [1.29, 1.82) is 0 Å². The average Bonchev–Trinajstić information content (AvgIpc) is 3.52. The van der Waals surface area contributed by atoms with E-state index in [1.807, 2.05) is 68.4 Å². The summed E-state index contributed by atoms with van der Waals surface area (Å²) in [5.41, 5.74) is 2.28. The molecule has 7 nitrogen and oxygen atoms in total. The Morgan fingerprint density at radius 2 is 1.68 bits per heavy atom. The van der Waals surface area contributed by atoms with Crippen LogP contribution in [0.1, 0.15) is 58.1 Å². The lowest BCUT2D eigenvalue weighted by Gasteiger charge is -2.22. The maximum atomic E-state index is 13.7. The fourth-order valence-electron chi connectivity index (χ4n) is 4.48. The summed E-state index contributed by atoms with van der Waals surface area (Å²) in [5.74, 6) is 0.485. The zero-order valence-electron chi connectivity index (χ0n) is 20.3. The van der Waals surface area contributed by atoms with E-state index in [1.54, 1.807) is 24.3 Å². The Kier molecular flexibility index (Phi) is 5.81. The lowest BCUT2D eigenvalue weighted by molar-refractivity contribution is 0.0970. The van der Waals surface area contributed by atoms with Crippen molar-refractivity contribution in [2.75, 3.05) is 4.90 Å². The minimum Gasteiger partial charge on any atom is -0.489 e. The van der Waals surface area contributed by atoms with Crippen LogP contribution in [0.15, 0.2) is 88.1 Å². The van der Waals surface area contributed by atoms with Gasteiger partial charge in [-0.15, -0.1) is 10.2 Å². The summed E-state index contributed by atoms with van der Waals surface area (Å²) in [7, 11) is 0. The lowest BCUT2D eigenvalue weighted by Crippen LogP contribution is -2.29. The van der Waals surface area contributed by atoms with Gasteiger partial charge in [0.2, 0.25) is 10.9 Å². The Hall–Kier alpha value is -4.30. The Bertz CT molecular complexity index is 1660. The first-order valence-corrected chi connectivity index (χ1v) is 12.8. The van der Waals surface area contributed by atoms with Gasteiger partial charge in [-0.1, -0.05) is 79.8 Å². The second-order valence-electron chi connectivity index (χ2n) is 9.17. The zero-order chi connectivity index (χ0) is 25.5. The third kappa shape index (κ3) is 4.09. The molecule has 3 aromatic carbocycles. The summed E-state index contributed by atoms with van der Waals surface area (Å²) in [6.45, 7) is 4.48. The molecule has 0 radical (unpaired) electrons. The first kappa shape index (κ1) is 23.1. The normalized spacial score (nSPS) is 14.9. The summed E-state index contributed by atoms with van der Waals surface area (Å²) in [4.78, 5) is 28.9. The van der Waals surface area contributed by atoms with E-state index in [2.05, 4.69) is 10.2 Å². The van der Waals surface area contributed by atoms with E-state index in [9.17, 15) is 9.59 Å². The molecular weight excluding hydrogens is 486 g/mol. The minimum atomic E-state index is -0.695. The summed E-state index contributed by atoms with van der Waals surface area (Å²) in [5, 5.41) is 10.3. The molecular formula is C29H23N3O4S. The van der Waals surface area contributed by atoms with Crippen molar-refractivity contribution >= 4 is 33.3 Å². The summed E-state index contributed by atoms with van der Waals surface area (Å²) >= 11 is 1.34. The molecule has 1 amide bonds. The molecule has 1 aliphatic heterocycles. The number of benzene rings is 3. The van der Waals surface area contributed by atoms with Gasteiger partial charge in [-0.05, 0) is 35.4 Å². The number of ether oxygens (including phenoxy) is 1. The number of amides is 1. The fourth-order valence-corrected chi connectivity index (χ4v) is 5.35. The first-order valence-electron chi connectivity index (χ1n) is 12.0. The monoisotopic (exact) mass is 509 g/mol. The van der Waals surface area contributed by atoms with Crippen LogP contribution in [0.25, 0.3) is 11.0 Å². The Balaban J connectivity index is 1.43. The van der Waals surface area contributed by atoms with Crippen molar-refractivity contribution in [3.63, 3.8) is 0 Å². The van der Waals surface area contributed by atoms with Gasteiger partial charge in [-0.3, -0.25) is 14.5 Å². The van der Waals surface area contributed by atoms with Crippen LogP contribution in [0.4, 0.5) is 5.13 Å². The number of carbonyl (C=O) groups is 1. The van der Waals surface area contributed by atoms with Crippen molar-refractivity contribution in [3.8, 4) is 5.75 Å². The van der Waals surface area contributed by atoms with Gasteiger partial charge in [0.1, 0.15) is 22.9 Å². The second-order valence-corrected chi connectivity index (χ2v) is 10.2. The Labute approximate surface area is 217 Å². The van der Waals surface area contributed by atoms with Crippen molar-refractivity contribution < 1.29 is 13.9 Å². The number of aromatic nitrogens is 2. The van der Waals surface area contributed by atoms with Crippen LogP contribution >= 0.6 is 11.3 Å². The van der Waals surface area contributed by atoms with Crippen LogP contribution in [-0.4, -0.2) is 16.1 Å². The van der Waals surface area contributed by atoms with Crippen molar-refractivity contribution in [1.82, 2.24) is 10.2 Å². The molecule has 6 rings (SSSR count). The molecule has 0 saturated carbocycles. The predicted molar refractivity (Wildman–Crippen MR) is 142 cm³/mol. The highest BCUT2D eigenvalue weighted by Gasteiger charge is 2.45. The third-order valence-corrected chi connectivity index (χ3v) is 7.57. The van der Waals surface area contributed by atoms with Crippen LogP contribution < -0.4 is 15.1 Å². The van der Waals surface area contributed by atoms with E-state index < -0.39 is 11.9 Å². The van der Waals surface area contributed by atoms with Crippen LogP contribution in [0.3, 0.4) is 0 Å². The zero-order valence-corrected chi connectivity index (χ0v) is 21.1. The maximum absolute atomic E-state index is 13.7. The summed E-state index contributed by atoms with van der Waals surface area (Å²) in [6, 6.07) is 23.6. The Morgan fingerprint density at radius 3 is 2.41 bits per heavy atom. The first-order chi connectivity index (χ1) is 18.0.